The molecule has 88 valence electrons. The lowest BCUT2D eigenvalue weighted by atomic mass is 10.2. The second-order valence-electron chi connectivity index (χ2n) is 4.21. The van der Waals surface area contributed by atoms with Crippen molar-refractivity contribution in [3.63, 3.8) is 0 Å². The van der Waals surface area contributed by atoms with Gasteiger partial charge in [0, 0.05) is 19.8 Å². The summed E-state index contributed by atoms with van der Waals surface area (Å²) in [6.07, 6.45) is 6.70. The van der Waals surface area contributed by atoms with E-state index in [9.17, 15) is 4.79 Å². The molecule has 1 aliphatic rings. The van der Waals surface area contributed by atoms with Crippen LogP contribution in [0.25, 0.3) is 0 Å². The number of hydrogen-bond donors (Lipinski definition) is 2. The Bertz CT molecular complexity index is 355. The van der Waals surface area contributed by atoms with Gasteiger partial charge < -0.3 is 10.6 Å². The van der Waals surface area contributed by atoms with Gasteiger partial charge in [0.05, 0.1) is 12.2 Å². The van der Waals surface area contributed by atoms with Crippen molar-refractivity contribution in [1.82, 2.24) is 20.4 Å². The third-order valence-corrected chi connectivity index (χ3v) is 2.85. The zero-order valence-corrected chi connectivity index (χ0v) is 9.57. The van der Waals surface area contributed by atoms with Gasteiger partial charge in [-0.25, -0.2) is 0 Å². The SMILES string of the molecule is Cn1cc(CCNC(=O)C2CCCN2)cn1. The molecule has 1 saturated heterocycles. The molecule has 0 radical (unpaired) electrons. The summed E-state index contributed by atoms with van der Waals surface area (Å²) in [6, 6.07) is 0.0221. The van der Waals surface area contributed by atoms with E-state index in [2.05, 4.69) is 15.7 Å². The Morgan fingerprint density at radius 2 is 2.62 bits per heavy atom. The van der Waals surface area contributed by atoms with E-state index in [0.717, 1.165) is 31.4 Å². The van der Waals surface area contributed by atoms with Crippen molar-refractivity contribution in [2.75, 3.05) is 13.1 Å². The molecule has 5 nitrogen and oxygen atoms in total. The largest absolute Gasteiger partial charge is 0.354 e. The van der Waals surface area contributed by atoms with Crippen molar-refractivity contribution in [3.05, 3.63) is 18.0 Å². The molecule has 2 rings (SSSR count). The first-order valence-corrected chi connectivity index (χ1v) is 5.74. The first kappa shape index (κ1) is 11.1. The molecule has 1 aromatic heterocycles. The number of amides is 1. The molecule has 2 heterocycles. The molecule has 1 unspecified atom stereocenters. The van der Waals surface area contributed by atoms with E-state index in [1.807, 2.05) is 19.4 Å². The number of carbonyl (C=O) groups excluding carboxylic acids is 1. The van der Waals surface area contributed by atoms with E-state index >= 15 is 0 Å². The number of aromatic nitrogens is 2. The van der Waals surface area contributed by atoms with Crippen LogP contribution >= 0.6 is 0 Å². The quantitative estimate of drug-likeness (QED) is 0.743. The van der Waals surface area contributed by atoms with Crippen molar-refractivity contribution in [1.29, 1.82) is 0 Å². The van der Waals surface area contributed by atoms with E-state index in [1.165, 1.54) is 0 Å². The molecule has 1 fully saturated rings. The number of carbonyl (C=O) groups is 1. The Morgan fingerprint density at radius 1 is 1.75 bits per heavy atom. The van der Waals surface area contributed by atoms with Crippen molar-refractivity contribution in [3.8, 4) is 0 Å². The van der Waals surface area contributed by atoms with E-state index in [4.69, 9.17) is 0 Å². The van der Waals surface area contributed by atoms with Crippen LogP contribution < -0.4 is 10.6 Å². The smallest absolute Gasteiger partial charge is 0.237 e. The maximum Gasteiger partial charge on any atom is 0.237 e. The summed E-state index contributed by atoms with van der Waals surface area (Å²) < 4.78 is 1.77. The first-order valence-electron chi connectivity index (χ1n) is 5.74. The van der Waals surface area contributed by atoms with Gasteiger partial charge in [0.2, 0.25) is 5.91 Å². The van der Waals surface area contributed by atoms with Crippen LogP contribution in [0, 0.1) is 0 Å². The fourth-order valence-corrected chi connectivity index (χ4v) is 1.96. The van der Waals surface area contributed by atoms with Crippen molar-refractivity contribution in [2.45, 2.75) is 25.3 Å². The normalized spacial score (nSPS) is 19.9. The summed E-state index contributed by atoms with van der Waals surface area (Å²) in [7, 11) is 1.89. The molecule has 1 atom stereocenters. The van der Waals surface area contributed by atoms with Crippen LogP contribution in [0.2, 0.25) is 0 Å². The number of hydrogen-bond acceptors (Lipinski definition) is 3. The van der Waals surface area contributed by atoms with Gasteiger partial charge >= 0.3 is 0 Å². The van der Waals surface area contributed by atoms with E-state index < -0.39 is 0 Å². The van der Waals surface area contributed by atoms with Crippen LogP contribution in [-0.2, 0) is 18.3 Å². The third kappa shape index (κ3) is 2.82. The fourth-order valence-electron chi connectivity index (χ4n) is 1.96. The van der Waals surface area contributed by atoms with Gasteiger partial charge in [0.15, 0.2) is 0 Å². The van der Waals surface area contributed by atoms with Crippen LogP contribution in [0.1, 0.15) is 18.4 Å². The lowest BCUT2D eigenvalue weighted by molar-refractivity contribution is -0.122. The van der Waals surface area contributed by atoms with Crippen molar-refractivity contribution >= 4 is 5.91 Å². The maximum atomic E-state index is 11.6. The second-order valence-corrected chi connectivity index (χ2v) is 4.21. The second kappa shape index (κ2) is 5.12. The van der Waals surface area contributed by atoms with Gasteiger partial charge in [0.25, 0.3) is 0 Å². The molecule has 0 bridgehead atoms. The lowest BCUT2D eigenvalue weighted by Crippen LogP contribution is -2.41. The Labute approximate surface area is 95.2 Å². The fraction of sp³-hybridized carbons (Fsp3) is 0.636. The van der Waals surface area contributed by atoms with E-state index in [-0.39, 0.29) is 11.9 Å². The number of nitrogens with zero attached hydrogens (tertiary/aromatic N) is 2. The molecule has 1 aliphatic heterocycles. The molecule has 0 spiro atoms. The lowest BCUT2D eigenvalue weighted by Gasteiger charge is -2.10. The Morgan fingerprint density at radius 3 is 3.25 bits per heavy atom. The molecular weight excluding hydrogens is 204 g/mol. The molecule has 1 amide bonds. The summed E-state index contributed by atoms with van der Waals surface area (Å²) in [4.78, 5) is 11.6. The van der Waals surface area contributed by atoms with Gasteiger partial charge in [-0.05, 0) is 31.4 Å². The molecule has 1 aromatic rings. The maximum absolute atomic E-state index is 11.6. The number of rotatable bonds is 4. The molecule has 2 N–H and O–H groups in total. The molecule has 5 heteroatoms. The summed E-state index contributed by atoms with van der Waals surface area (Å²) in [5.74, 6) is 0.126. The van der Waals surface area contributed by atoms with Crippen molar-refractivity contribution in [2.24, 2.45) is 7.05 Å². The van der Waals surface area contributed by atoms with Crippen LogP contribution in [0.15, 0.2) is 12.4 Å². The van der Waals surface area contributed by atoms with Gasteiger partial charge in [-0.15, -0.1) is 0 Å². The Kier molecular flexibility index (Phi) is 3.56. The van der Waals surface area contributed by atoms with Crippen molar-refractivity contribution < 1.29 is 4.79 Å². The highest BCUT2D eigenvalue weighted by Gasteiger charge is 2.21. The monoisotopic (exact) mass is 222 g/mol. The first-order chi connectivity index (χ1) is 7.75. The molecule has 0 aromatic carbocycles. The van der Waals surface area contributed by atoms with Crippen LogP contribution in [0.5, 0.6) is 0 Å². The molecule has 0 aliphatic carbocycles. The molecular formula is C11H18N4O. The van der Waals surface area contributed by atoms with E-state index in [1.54, 1.807) is 4.68 Å². The van der Waals surface area contributed by atoms with Gasteiger partial charge in [-0.1, -0.05) is 0 Å². The standard InChI is InChI=1S/C11H18N4O/c1-15-8-9(7-14-15)4-6-13-11(16)10-3-2-5-12-10/h7-8,10,12H,2-6H2,1H3,(H,13,16). The zero-order chi connectivity index (χ0) is 11.4. The van der Waals surface area contributed by atoms with Crippen LogP contribution in [0.4, 0.5) is 0 Å². The van der Waals surface area contributed by atoms with Gasteiger partial charge in [-0.2, -0.15) is 5.10 Å². The van der Waals surface area contributed by atoms with E-state index in [0.29, 0.717) is 6.54 Å². The minimum Gasteiger partial charge on any atom is -0.354 e. The highest BCUT2D eigenvalue weighted by molar-refractivity contribution is 5.81. The average Bonchev–Trinajstić information content (AvgIpc) is 2.89. The van der Waals surface area contributed by atoms with Gasteiger partial charge in [0.1, 0.15) is 0 Å². The Hall–Kier alpha value is -1.36. The highest BCUT2D eigenvalue weighted by atomic mass is 16.2. The molecule has 16 heavy (non-hydrogen) atoms. The van der Waals surface area contributed by atoms with Gasteiger partial charge in [-0.3, -0.25) is 9.48 Å². The predicted molar refractivity (Wildman–Crippen MR) is 60.9 cm³/mol. The summed E-state index contributed by atoms with van der Waals surface area (Å²) in [6.45, 7) is 1.64. The van der Waals surface area contributed by atoms with Crippen LogP contribution in [-0.4, -0.2) is 34.8 Å². The highest BCUT2D eigenvalue weighted by Crippen LogP contribution is 2.04. The topological polar surface area (TPSA) is 59.0 Å². The summed E-state index contributed by atoms with van der Waals surface area (Å²) in [5, 5.41) is 10.2. The minimum atomic E-state index is 0.0221. The predicted octanol–water partition coefficient (Wildman–Crippen LogP) is -0.169. The third-order valence-electron chi connectivity index (χ3n) is 2.85. The average molecular weight is 222 g/mol. The van der Waals surface area contributed by atoms with Crippen LogP contribution in [0.3, 0.4) is 0 Å². The Balaban J connectivity index is 1.69. The number of nitrogens with one attached hydrogen (secondary N) is 2. The molecule has 0 saturated carbocycles. The summed E-state index contributed by atoms with van der Waals surface area (Å²) >= 11 is 0. The summed E-state index contributed by atoms with van der Waals surface area (Å²) in [5.41, 5.74) is 1.15. The number of aryl methyl sites for hydroxylation is 1. The zero-order valence-electron chi connectivity index (χ0n) is 9.57. The minimum absolute atomic E-state index is 0.0221.